The number of hydrogen-bond donors (Lipinski definition) is 1. The first-order chi connectivity index (χ1) is 8.61. The Morgan fingerprint density at radius 2 is 2.11 bits per heavy atom. The molecule has 0 radical (unpaired) electrons. The first-order valence-electron chi connectivity index (χ1n) is 6.18. The van der Waals surface area contributed by atoms with Gasteiger partial charge in [-0.3, -0.25) is 4.57 Å². The van der Waals surface area contributed by atoms with Crippen LogP contribution >= 0.6 is 22.6 Å². The van der Waals surface area contributed by atoms with Crippen LogP contribution in [-0.4, -0.2) is 16.1 Å². The van der Waals surface area contributed by atoms with Crippen LogP contribution in [0, 0.1) is 17.4 Å². The summed E-state index contributed by atoms with van der Waals surface area (Å²) in [5.74, 6) is 0.930. The molecule has 2 aromatic rings. The van der Waals surface area contributed by atoms with Crippen molar-refractivity contribution in [2.24, 2.45) is 0 Å². The van der Waals surface area contributed by atoms with Gasteiger partial charge in [-0.05, 0) is 60.6 Å². The highest BCUT2D eigenvalue weighted by Gasteiger charge is 2.09. The molecule has 0 spiro atoms. The summed E-state index contributed by atoms with van der Waals surface area (Å²) < 4.78 is 3.38. The summed E-state index contributed by atoms with van der Waals surface area (Å²) in [5, 5.41) is 3.38. The highest BCUT2D eigenvalue weighted by Crippen LogP contribution is 2.22. The largest absolute Gasteiger partial charge is 0.355 e. The van der Waals surface area contributed by atoms with Crippen LogP contribution in [-0.2, 0) is 0 Å². The lowest BCUT2D eigenvalue weighted by molar-refractivity contribution is 0.934. The monoisotopic (exact) mass is 355 g/mol. The van der Waals surface area contributed by atoms with E-state index >= 15 is 0 Å². The molecule has 0 unspecified atom stereocenters. The number of aromatic nitrogens is 2. The second-order valence-corrected chi connectivity index (χ2v) is 5.68. The second-order valence-electron chi connectivity index (χ2n) is 4.43. The van der Waals surface area contributed by atoms with Crippen molar-refractivity contribution in [2.45, 2.75) is 27.2 Å². The third-order valence-electron chi connectivity index (χ3n) is 2.79. The number of halogens is 1. The molecule has 0 fully saturated rings. The third-order valence-corrected chi connectivity index (χ3v) is 3.46. The zero-order valence-electron chi connectivity index (χ0n) is 11.0. The van der Waals surface area contributed by atoms with Crippen LogP contribution < -0.4 is 5.32 Å². The first-order valence-corrected chi connectivity index (χ1v) is 7.26. The Morgan fingerprint density at radius 3 is 2.83 bits per heavy atom. The molecule has 0 bridgehead atoms. The number of rotatable bonds is 4. The third kappa shape index (κ3) is 2.85. The molecule has 96 valence electrons. The molecular weight excluding hydrogens is 337 g/mol. The van der Waals surface area contributed by atoms with Crippen LogP contribution in [0.4, 0.5) is 5.95 Å². The van der Waals surface area contributed by atoms with Crippen molar-refractivity contribution in [1.82, 2.24) is 9.55 Å². The molecule has 4 heteroatoms. The molecule has 0 aliphatic carbocycles. The van der Waals surface area contributed by atoms with Crippen LogP contribution in [0.3, 0.4) is 0 Å². The van der Waals surface area contributed by atoms with E-state index in [1.54, 1.807) is 0 Å². The van der Waals surface area contributed by atoms with Gasteiger partial charge >= 0.3 is 0 Å². The number of nitrogens with zero attached hydrogens (tertiary/aromatic N) is 2. The normalized spacial score (nSPS) is 10.7. The summed E-state index contributed by atoms with van der Waals surface area (Å²) >= 11 is 2.34. The minimum Gasteiger partial charge on any atom is -0.355 e. The van der Waals surface area contributed by atoms with Crippen LogP contribution in [0.25, 0.3) is 5.69 Å². The molecule has 1 aromatic heterocycles. The van der Waals surface area contributed by atoms with Gasteiger partial charge in [-0.2, -0.15) is 0 Å². The van der Waals surface area contributed by atoms with Gasteiger partial charge in [-0.1, -0.05) is 13.0 Å². The van der Waals surface area contributed by atoms with Crippen molar-refractivity contribution >= 4 is 28.5 Å². The summed E-state index contributed by atoms with van der Waals surface area (Å²) in [6.45, 7) is 7.25. The highest BCUT2D eigenvalue weighted by atomic mass is 127. The van der Waals surface area contributed by atoms with Crippen molar-refractivity contribution in [3.8, 4) is 5.69 Å². The molecule has 0 amide bonds. The summed E-state index contributed by atoms with van der Waals surface area (Å²) in [5.41, 5.74) is 3.49. The van der Waals surface area contributed by atoms with E-state index in [1.807, 2.05) is 6.92 Å². The van der Waals surface area contributed by atoms with Crippen molar-refractivity contribution in [3.05, 3.63) is 39.2 Å². The first kappa shape index (κ1) is 13.4. The Kier molecular flexibility index (Phi) is 4.27. The molecule has 0 aliphatic rings. The Bertz CT molecular complexity index is 546. The van der Waals surface area contributed by atoms with Crippen molar-refractivity contribution < 1.29 is 0 Å². The predicted octanol–water partition coefficient (Wildman–Crippen LogP) is 3.92. The van der Waals surface area contributed by atoms with Gasteiger partial charge in [0.25, 0.3) is 0 Å². The van der Waals surface area contributed by atoms with Gasteiger partial charge < -0.3 is 5.32 Å². The molecule has 3 nitrogen and oxygen atoms in total. The van der Waals surface area contributed by atoms with E-state index in [1.165, 1.54) is 14.8 Å². The van der Waals surface area contributed by atoms with E-state index in [4.69, 9.17) is 0 Å². The van der Waals surface area contributed by atoms with Crippen LogP contribution in [0.5, 0.6) is 0 Å². The standard InChI is InChI=1S/C14H18IN3/c1-4-7-16-14-17-11(3)9-18(14)13-8-12(15)6-5-10(13)2/h5-6,8-9H,4,7H2,1-3H3,(H,16,17). The lowest BCUT2D eigenvalue weighted by Crippen LogP contribution is -2.07. The summed E-state index contributed by atoms with van der Waals surface area (Å²) in [6, 6.07) is 6.46. The van der Waals surface area contributed by atoms with Crippen LogP contribution in [0.2, 0.25) is 0 Å². The van der Waals surface area contributed by atoms with E-state index in [0.29, 0.717) is 0 Å². The SMILES string of the molecule is CCCNc1nc(C)cn1-c1cc(I)ccc1C. The van der Waals surface area contributed by atoms with E-state index < -0.39 is 0 Å². The molecule has 0 aliphatic heterocycles. The fourth-order valence-corrected chi connectivity index (χ4v) is 2.36. The molecule has 1 heterocycles. The number of benzene rings is 1. The molecule has 0 saturated heterocycles. The summed E-state index contributed by atoms with van der Waals surface area (Å²) in [7, 11) is 0. The van der Waals surface area contributed by atoms with Gasteiger partial charge in [-0.25, -0.2) is 4.98 Å². The van der Waals surface area contributed by atoms with Crippen LogP contribution in [0.15, 0.2) is 24.4 Å². The van der Waals surface area contributed by atoms with Crippen molar-refractivity contribution in [3.63, 3.8) is 0 Å². The zero-order valence-corrected chi connectivity index (χ0v) is 13.2. The minimum absolute atomic E-state index is 0.930. The smallest absolute Gasteiger partial charge is 0.207 e. The lowest BCUT2D eigenvalue weighted by atomic mass is 10.2. The Hall–Kier alpha value is -1.04. The number of hydrogen-bond acceptors (Lipinski definition) is 2. The number of anilines is 1. The van der Waals surface area contributed by atoms with Crippen molar-refractivity contribution in [2.75, 3.05) is 11.9 Å². The fourth-order valence-electron chi connectivity index (χ4n) is 1.88. The van der Waals surface area contributed by atoms with Gasteiger partial charge in [0.1, 0.15) is 0 Å². The summed E-state index contributed by atoms with van der Waals surface area (Å²) in [6.07, 6.45) is 3.17. The quantitative estimate of drug-likeness (QED) is 0.843. The van der Waals surface area contributed by atoms with Gasteiger partial charge in [0, 0.05) is 16.3 Å². The van der Waals surface area contributed by atoms with E-state index in [0.717, 1.165) is 24.6 Å². The molecular formula is C14H18IN3. The average Bonchev–Trinajstić information content (AvgIpc) is 2.71. The number of nitrogens with one attached hydrogen (secondary N) is 1. The van der Waals surface area contributed by atoms with E-state index in [2.05, 4.69) is 75.7 Å². The molecule has 0 saturated carbocycles. The molecule has 1 N–H and O–H groups in total. The number of aryl methyl sites for hydroxylation is 2. The van der Waals surface area contributed by atoms with Gasteiger partial charge in [0.15, 0.2) is 0 Å². The lowest BCUT2D eigenvalue weighted by Gasteiger charge is -2.12. The molecule has 2 rings (SSSR count). The summed E-state index contributed by atoms with van der Waals surface area (Å²) in [4.78, 5) is 4.54. The maximum atomic E-state index is 4.54. The topological polar surface area (TPSA) is 29.9 Å². The highest BCUT2D eigenvalue weighted by molar-refractivity contribution is 14.1. The second kappa shape index (κ2) is 5.73. The van der Waals surface area contributed by atoms with Gasteiger partial charge in [-0.15, -0.1) is 0 Å². The maximum absolute atomic E-state index is 4.54. The maximum Gasteiger partial charge on any atom is 0.207 e. The number of imidazole rings is 1. The fraction of sp³-hybridized carbons (Fsp3) is 0.357. The minimum atomic E-state index is 0.930. The Morgan fingerprint density at radius 1 is 1.33 bits per heavy atom. The Balaban J connectivity index is 2.45. The molecule has 0 atom stereocenters. The van der Waals surface area contributed by atoms with Crippen molar-refractivity contribution in [1.29, 1.82) is 0 Å². The molecule has 1 aromatic carbocycles. The molecule has 18 heavy (non-hydrogen) atoms. The van der Waals surface area contributed by atoms with E-state index in [-0.39, 0.29) is 0 Å². The van der Waals surface area contributed by atoms with Gasteiger partial charge in [0.2, 0.25) is 5.95 Å². The van der Waals surface area contributed by atoms with Crippen LogP contribution in [0.1, 0.15) is 24.6 Å². The van der Waals surface area contributed by atoms with Gasteiger partial charge in [0.05, 0.1) is 11.4 Å². The zero-order chi connectivity index (χ0) is 13.1. The predicted molar refractivity (Wildman–Crippen MR) is 84.5 cm³/mol. The average molecular weight is 355 g/mol. The Labute approximate surface area is 122 Å². The van der Waals surface area contributed by atoms with E-state index in [9.17, 15) is 0 Å².